The summed E-state index contributed by atoms with van der Waals surface area (Å²) < 4.78 is 5.49. The highest BCUT2D eigenvalue weighted by atomic mass is 16.5. The van der Waals surface area contributed by atoms with Gasteiger partial charge in [-0.1, -0.05) is 42.0 Å². The Labute approximate surface area is 86.4 Å². The van der Waals surface area contributed by atoms with E-state index in [-0.39, 0.29) is 0 Å². The summed E-state index contributed by atoms with van der Waals surface area (Å²) in [5, 5.41) is 0. The molecule has 1 aromatic carbocycles. The zero-order valence-electron chi connectivity index (χ0n) is 8.70. The summed E-state index contributed by atoms with van der Waals surface area (Å²) in [7, 11) is 0. The lowest BCUT2D eigenvalue weighted by Gasteiger charge is -2.01. The van der Waals surface area contributed by atoms with Crippen LogP contribution in [0.2, 0.25) is 0 Å². The Morgan fingerprint density at radius 2 is 2.07 bits per heavy atom. The van der Waals surface area contributed by atoms with Crippen molar-refractivity contribution in [2.24, 2.45) is 0 Å². The minimum atomic E-state index is 0.677. The van der Waals surface area contributed by atoms with Gasteiger partial charge in [-0.3, -0.25) is 0 Å². The molecule has 14 heavy (non-hydrogen) atoms. The quantitative estimate of drug-likeness (QED) is 0.509. The predicted octanol–water partition coefficient (Wildman–Crippen LogP) is 3.37. The number of ether oxygens (including phenoxy) is 1. The SMILES string of the molecule is [CH2]CC(C)=CCOCc1ccccc1. The average molecular weight is 189 g/mol. The fourth-order valence-corrected chi connectivity index (χ4v) is 1.05. The summed E-state index contributed by atoms with van der Waals surface area (Å²) in [5.74, 6) is 0. The zero-order chi connectivity index (χ0) is 10.2. The van der Waals surface area contributed by atoms with E-state index in [2.05, 4.69) is 32.1 Å². The minimum Gasteiger partial charge on any atom is -0.373 e. The van der Waals surface area contributed by atoms with Crippen LogP contribution in [0.15, 0.2) is 42.0 Å². The fraction of sp³-hybridized carbons (Fsp3) is 0.308. The van der Waals surface area contributed by atoms with Crippen molar-refractivity contribution < 1.29 is 4.74 Å². The van der Waals surface area contributed by atoms with E-state index in [1.54, 1.807) is 0 Å². The number of hydrogen-bond acceptors (Lipinski definition) is 1. The van der Waals surface area contributed by atoms with Crippen LogP contribution in [-0.4, -0.2) is 6.61 Å². The van der Waals surface area contributed by atoms with E-state index in [9.17, 15) is 0 Å². The summed E-state index contributed by atoms with van der Waals surface area (Å²) in [6.45, 7) is 7.23. The Kier molecular flexibility index (Phi) is 5.02. The van der Waals surface area contributed by atoms with Gasteiger partial charge < -0.3 is 4.74 Å². The highest BCUT2D eigenvalue weighted by Crippen LogP contribution is 2.01. The Bertz CT molecular complexity index is 275. The molecule has 0 aliphatic carbocycles. The third-order valence-corrected chi connectivity index (χ3v) is 2.06. The molecule has 0 bridgehead atoms. The molecule has 0 amide bonds. The predicted molar refractivity (Wildman–Crippen MR) is 59.8 cm³/mol. The van der Waals surface area contributed by atoms with Gasteiger partial charge in [0.2, 0.25) is 0 Å². The zero-order valence-corrected chi connectivity index (χ0v) is 8.70. The fourth-order valence-electron chi connectivity index (χ4n) is 1.05. The Balaban J connectivity index is 2.23. The van der Waals surface area contributed by atoms with E-state index in [0.717, 1.165) is 6.42 Å². The van der Waals surface area contributed by atoms with Gasteiger partial charge in [0.15, 0.2) is 0 Å². The molecular formula is C13H17O. The monoisotopic (exact) mass is 189 g/mol. The molecule has 0 aromatic heterocycles. The first kappa shape index (κ1) is 11.0. The molecule has 0 saturated carbocycles. The van der Waals surface area contributed by atoms with Gasteiger partial charge in [-0.05, 0) is 25.8 Å². The summed E-state index contributed by atoms with van der Waals surface area (Å²) in [4.78, 5) is 0. The van der Waals surface area contributed by atoms with Crippen molar-refractivity contribution in [3.63, 3.8) is 0 Å². The molecule has 0 N–H and O–H groups in total. The molecule has 1 rings (SSSR count). The average Bonchev–Trinajstić information content (AvgIpc) is 2.25. The second-order valence-corrected chi connectivity index (χ2v) is 3.30. The molecule has 0 unspecified atom stereocenters. The van der Waals surface area contributed by atoms with E-state index in [1.165, 1.54) is 11.1 Å². The molecule has 0 atom stereocenters. The maximum atomic E-state index is 5.49. The summed E-state index contributed by atoms with van der Waals surface area (Å²) >= 11 is 0. The standard InChI is InChI=1S/C13H17O/c1-3-12(2)9-10-14-11-13-7-5-4-6-8-13/h4-9H,1,3,10-11H2,2H3. The van der Waals surface area contributed by atoms with E-state index in [4.69, 9.17) is 4.74 Å². The van der Waals surface area contributed by atoms with Crippen molar-refractivity contribution in [2.75, 3.05) is 6.61 Å². The van der Waals surface area contributed by atoms with Gasteiger partial charge in [0, 0.05) is 0 Å². The van der Waals surface area contributed by atoms with Crippen molar-refractivity contribution in [1.82, 2.24) is 0 Å². The van der Waals surface area contributed by atoms with E-state index in [0.29, 0.717) is 13.2 Å². The van der Waals surface area contributed by atoms with Gasteiger partial charge in [0.1, 0.15) is 0 Å². The number of hydrogen-bond donors (Lipinski definition) is 0. The summed E-state index contributed by atoms with van der Waals surface area (Å²) in [5.41, 5.74) is 2.49. The van der Waals surface area contributed by atoms with Crippen LogP contribution >= 0.6 is 0 Å². The molecular weight excluding hydrogens is 172 g/mol. The minimum absolute atomic E-state index is 0.677. The van der Waals surface area contributed by atoms with Crippen LogP contribution in [0, 0.1) is 6.92 Å². The first-order valence-electron chi connectivity index (χ1n) is 4.89. The number of rotatable bonds is 5. The van der Waals surface area contributed by atoms with Crippen LogP contribution in [0.3, 0.4) is 0 Å². The van der Waals surface area contributed by atoms with Gasteiger partial charge in [-0.2, -0.15) is 0 Å². The van der Waals surface area contributed by atoms with E-state index in [1.807, 2.05) is 18.2 Å². The highest BCUT2D eigenvalue weighted by Gasteiger charge is 1.89. The van der Waals surface area contributed by atoms with Crippen molar-refractivity contribution in [2.45, 2.75) is 20.0 Å². The lowest BCUT2D eigenvalue weighted by molar-refractivity contribution is 0.148. The second-order valence-electron chi connectivity index (χ2n) is 3.30. The normalized spacial score (nSPS) is 11.7. The molecule has 1 aromatic rings. The summed E-state index contributed by atoms with van der Waals surface area (Å²) in [6, 6.07) is 10.2. The number of benzene rings is 1. The molecule has 1 nitrogen and oxygen atoms in total. The lowest BCUT2D eigenvalue weighted by Crippen LogP contribution is -1.93. The molecule has 0 spiro atoms. The van der Waals surface area contributed by atoms with Gasteiger partial charge >= 0.3 is 0 Å². The molecule has 0 aliphatic rings. The topological polar surface area (TPSA) is 9.23 Å². The van der Waals surface area contributed by atoms with Crippen LogP contribution in [0.1, 0.15) is 18.9 Å². The maximum Gasteiger partial charge on any atom is 0.0721 e. The van der Waals surface area contributed by atoms with Crippen LogP contribution in [0.25, 0.3) is 0 Å². The van der Waals surface area contributed by atoms with Gasteiger partial charge in [0.05, 0.1) is 13.2 Å². The van der Waals surface area contributed by atoms with Crippen molar-refractivity contribution in [3.05, 3.63) is 54.5 Å². The smallest absolute Gasteiger partial charge is 0.0721 e. The van der Waals surface area contributed by atoms with Crippen molar-refractivity contribution in [1.29, 1.82) is 0 Å². The first-order chi connectivity index (χ1) is 6.83. The molecule has 0 aliphatic heterocycles. The Morgan fingerprint density at radius 3 is 2.71 bits per heavy atom. The molecule has 0 fully saturated rings. The molecule has 1 heteroatoms. The van der Waals surface area contributed by atoms with Gasteiger partial charge in [-0.25, -0.2) is 0 Å². The Morgan fingerprint density at radius 1 is 1.36 bits per heavy atom. The summed E-state index contributed by atoms with van der Waals surface area (Å²) in [6.07, 6.45) is 2.94. The third kappa shape index (κ3) is 4.24. The second kappa shape index (κ2) is 6.39. The van der Waals surface area contributed by atoms with Crippen LogP contribution in [-0.2, 0) is 11.3 Å². The van der Waals surface area contributed by atoms with Crippen molar-refractivity contribution in [3.8, 4) is 0 Å². The van der Waals surface area contributed by atoms with Crippen LogP contribution in [0.5, 0.6) is 0 Å². The van der Waals surface area contributed by atoms with Crippen LogP contribution < -0.4 is 0 Å². The first-order valence-corrected chi connectivity index (χ1v) is 4.89. The lowest BCUT2D eigenvalue weighted by atomic mass is 10.2. The molecule has 0 heterocycles. The van der Waals surface area contributed by atoms with E-state index >= 15 is 0 Å². The Hall–Kier alpha value is -1.08. The largest absolute Gasteiger partial charge is 0.373 e. The molecule has 1 radical (unpaired) electrons. The van der Waals surface area contributed by atoms with Crippen LogP contribution in [0.4, 0.5) is 0 Å². The number of allylic oxidation sites excluding steroid dienone is 1. The van der Waals surface area contributed by atoms with Gasteiger partial charge in [0.25, 0.3) is 0 Å². The highest BCUT2D eigenvalue weighted by molar-refractivity contribution is 5.13. The van der Waals surface area contributed by atoms with Crippen molar-refractivity contribution >= 4 is 0 Å². The molecule has 0 saturated heterocycles. The third-order valence-electron chi connectivity index (χ3n) is 2.06. The van der Waals surface area contributed by atoms with Gasteiger partial charge in [-0.15, -0.1) is 0 Å². The van der Waals surface area contributed by atoms with E-state index < -0.39 is 0 Å². The molecule has 75 valence electrons. The maximum absolute atomic E-state index is 5.49.